The van der Waals surface area contributed by atoms with Crippen LogP contribution in [-0.2, 0) is 6.54 Å². The zero-order chi connectivity index (χ0) is 15.6. The molecule has 1 aromatic rings. The maximum Gasteiger partial charge on any atom is 0.179 e. The summed E-state index contributed by atoms with van der Waals surface area (Å²) in [5, 5.41) is 4.40. The van der Waals surface area contributed by atoms with Crippen LogP contribution in [0.1, 0.15) is 31.2 Å². The van der Waals surface area contributed by atoms with Gasteiger partial charge in [-0.3, -0.25) is 4.90 Å². The summed E-state index contributed by atoms with van der Waals surface area (Å²) < 4.78 is 11.3. The van der Waals surface area contributed by atoms with Gasteiger partial charge >= 0.3 is 0 Å². The Morgan fingerprint density at radius 3 is 2.58 bits per heavy atom. The fourth-order valence-electron chi connectivity index (χ4n) is 3.46. The number of benzene rings is 1. The van der Waals surface area contributed by atoms with Crippen molar-refractivity contribution in [1.29, 1.82) is 0 Å². The molecule has 0 unspecified atom stereocenters. The first-order valence-electron chi connectivity index (χ1n) is 8.81. The Labute approximate surface area is 155 Å². The first kappa shape index (κ1) is 18.1. The first-order valence-corrected chi connectivity index (χ1v) is 9.19. The molecule has 2 heterocycles. The van der Waals surface area contributed by atoms with Gasteiger partial charge in [0, 0.05) is 12.6 Å². The molecule has 1 aromatic carbocycles. The topological polar surface area (TPSA) is 33.7 Å². The SMILES string of the molecule is Cl.Clc1cc(CN2CCC(NCC3CC3)CC2)cc2c1OCCO2. The fourth-order valence-corrected chi connectivity index (χ4v) is 3.75. The molecule has 1 saturated carbocycles. The van der Waals surface area contributed by atoms with Crippen LogP contribution >= 0.6 is 24.0 Å². The van der Waals surface area contributed by atoms with Crippen molar-refractivity contribution < 1.29 is 9.47 Å². The van der Waals surface area contributed by atoms with Gasteiger partial charge in [-0.15, -0.1) is 12.4 Å². The van der Waals surface area contributed by atoms with Gasteiger partial charge in [0.1, 0.15) is 13.2 Å². The highest BCUT2D eigenvalue weighted by Crippen LogP contribution is 2.38. The molecule has 1 saturated heterocycles. The normalized spacial score (nSPS) is 21.4. The van der Waals surface area contributed by atoms with E-state index in [-0.39, 0.29) is 12.4 Å². The molecule has 4 rings (SSSR count). The number of piperidine rings is 1. The Hall–Kier alpha value is -0.680. The highest BCUT2D eigenvalue weighted by Gasteiger charge is 2.25. The molecule has 1 N–H and O–H groups in total. The van der Waals surface area contributed by atoms with E-state index in [2.05, 4.69) is 16.3 Å². The van der Waals surface area contributed by atoms with Gasteiger partial charge in [-0.2, -0.15) is 0 Å². The molecule has 1 aliphatic carbocycles. The Bertz CT molecular complexity index is 558. The summed E-state index contributed by atoms with van der Waals surface area (Å²) in [6.45, 7) is 5.63. The highest BCUT2D eigenvalue weighted by atomic mass is 35.5. The van der Waals surface area contributed by atoms with E-state index >= 15 is 0 Å². The molecule has 0 aromatic heterocycles. The van der Waals surface area contributed by atoms with Crippen molar-refractivity contribution in [2.75, 3.05) is 32.8 Å². The Morgan fingerprint density at radius 2 is 1.83 bits per heavy atom. The molecule has 134 valence electrons. The molecule has 0 spiro atoms. The van der Waals surface area contributed by atoms with E-state index in [0.29, 0.717) is 30.0 Å². The summed E-state index contributed by atoms with van der Waals surface area (Å²) in [6, 6.07) is 4.81. The van der Waals surface area contributed by atoms with Crippen LogP contribution in [0.4, 0.5) is 0 Å². The Balaban J connectivity index is 0.00000169. The van der Waals surface area contributed by atoms with Crippen molar-refractivity contribution in [2.24, 2.45) is 5.92 Å². The number of hydrogen-bond acceptors (Lipinski definition) is 4. The number of fused-ring (bicyclic) bond motifs is 1. The smallest absolute Gasteiger partial charge is 0.179 e. The predicted molar refractivity (Wildman–Crippen MR) is 98.7 cm³/mol. The van der Waals surface area contributed by atoms with Crippen molar-refractivity contribution >= 4 is 24.0 Å². The molecule has 24 heavy (non-hydrogen) atoms. The monoisotopic (exact) mass is 372 g/mol. The lowest BCUT2D eigenvalue weighted by molar-refractivity contribution is 0.170. The van der Waals surface area contributed by atoms with Gasteiger partial charge in [0.2, 0.25) is 0 Å². The van der Waals surface area contributed by atoms with Crippen LogP contribution in [-0.4, -0.2) is 43.8 Å². The molecule has 0 bridgehead atoms. The lowest BCUT2D eigenvalue weighted by Crippen LogP contribution is -2.42. The Morgan fingerprint density at radius 1 is 1.08 bits per heavy atom. The minimum absolute atomic E-state index is 0. The van der Waals surface area contributed by atoms with E-state index in [1.807, 2.05) is 6.07 Å². The summed E-state index contributed by atoms with van der Waals surface area (Å²) in [7, 11) is 0. The molecule has 2 aliphatic heterocycles. The maximum atomic E-state index is 6.33. The number of likely N-dealkylation sites (tertiary alicyclic amines) is 1. The molecular formula is C18H26Cl2N2O2. The van der Waals surface area contributed by atoms with E-state index in [9.17, 15) is 0 Å². The van der Waals surface area contributed by atoms with E-state index < -0.39 is 0 Å². The minimum Gasteiger partial charge on any atom is -0.486 e. The third-order valence-electron chi connectivity index (χ3n) is 5.04. The number of nitrogens with zero attached hydrogens (tertiary/aromatic N) is 1. The average Bonchev–Trinajstić information content (AvgIpc) is 3.39. The molecule has 3 aliphatic rings. The van der Waals surface area contributed by atoms with Crippen molar-refractivity contribution in [3.8, 4) is 11.5 Å². The van der Waals surface area contributed by atoms with Crippen LogP contribution in [0, 0.1) is 5.92 Å². The molecular weight excluding hydrogens is 347 g/mol. The van der Waals surface area contributed by atoms with E-state index in [1.54, 1.807) is 0 Å². The second kappa shape index (κ2) is 8.13. The maximum absolute atomic E-state index is 6.33. The lowest BCUT2D eigenvalue weighted by Gasteiger charge is -2.32. The lowest BCUT2D eigenvalue weighted by atomic mass is 10.0. The second-order valence-electron chi connectivity index (χ2n) is 7.00. The van der Waals surface area contributed by atoms with Crippen molar-refractivity contribution in [3.05, 3.63) is 22.7 Å². The van der Waals surface area contributed by atoms with Crippen LogP contribution in [0.3, 0.4) is 0 Å². The van der Waals surface area contributed by atoms with Gasteiger partial charge in [-0.05, 0) is 68.9 Å². The van der Waals surface area contributed by atoms with Gasteiger partial charge in [-0.25, -0.2) is 0 Å². The highest BCUT2D eigenvalue weighted by molar-refractivity contribution is 6.32. The molecule has 0 amide bonds. The Kier molecular flexibility index (Phi) is 6.14. The van der Waals surface area contributed by atoms with Gasteiger partial charge < -0.3 is 14.8 Å². The number of halogens is 2. The van der Waals surface area contributed by atoms with E-state index in [4.69, 9.17) is 21.1 Å². The van der Waals surface area contributed by atoms with Crippen molar-refractivity contribution in [2.45, 2.75) is 38.3 Å². The molecule has 6 heteroatoms. The largest absolute Gasteiger partial charge is 0.486 e. The van der Waals surface area contributed by atoms with Gasteiger partial charge in [-0.1, -0.05) is 11.6 Å². The minimum atomic E-state index is 0. The fraction of sp³-hybridized carbons (Fsp3) is 0.667. The molecule has 0 atom stereocenters. The summed E-state index contributed by atoms with van der Waals surface area (Å²) in [6.07, 6.45) is 5.34. The average molecular weight is 373 g/mol. The zero-order valence-corrected chi connectivity index (χ0v) is 15.5. The van der Waals surface area contributed by atoms with Crippen LogP contribution < -0.4 is 14.8 Å². The number of hydrogen-bond donors (Lipinski definition) is 1. The summed E-state index contributed by atoms with van der Waals surface area (Å²) in [4.78, 5) is 2.51. The predicted octanol–water partition coefficient (Wildman–Crippen LogP) is 3.50. The zero-order valence-electron chi connectivity index (χ0n) is 13.9. The van der Waals surface area contributed by atoms with Gasteiger partial charge in [0.05, 0.1) is 5.02 Å². The quantitative estimate of drug-likeness (QED) is 0.857. The van der Waals surface area contributed by atoms with Crippen molar-refractivity contribution in [3.63, 3.8) is 0 Å². The number of rotatable bonds is 5. The van der Waals surface area contributed by atoms with Crippen LogP contribution in [0.2, 0.25) is 5.02 Å². The number of ether oxygens (including phenoxy) is 2. The second-order valence-corrected chi connectivity index (χ2v) is 7.41. The van der Waals surface area contributed by atoms with E-state index in [0.717, 1.165) is 31.3 Å². The molecule has 4 nitrogen and oxygen atoms in total. The summed E-state index contributed by atoms with van der Waals surface area (Å²) >= 11 is 6.33. The third kappa shape index (κ3) is 4.48. The summed E-state index contributed by atoms with van der Waals surface area (Å²) in [5.74, 6) is 2.46. The number of nitrogens with one attached hydrogen (secondary N) is 1. The van der Waals surface area contributed by atoms with Gasteiger partial charge in [0.25, 0.3) is 0 Å². The third-order valence-corrected chi connectivity index (χ3v) is 5.32. The van der Waals surface area contributed by atoms with Crippen LogP contribution in [0.25, 0.3) is 0 Å². The van der Waals surface area contributed by atoms with Crippen molar-refractivity contribution in [1.82, 2.24) is 10.2 Å². The molecule has 2 fully saturated rings. The van der Waals surface area contributed by atoms with E-state index in [1.165, 1.54) is 37.8 Å². The van der Waals surface area contributed by atoms with Gasteiger partial charge in [0.15, 0.2) is 11.5 Å². The summed E-state index contributed by atoms with van der Waals surface area (Å²) in [5.41, 5.74) is 1.21. The standard InChI is InChI=1S/C18H25ClN2O2.ClH/c19-16-9-14(10-17-18(16)23-8-7-22-17)12-21-5-3-15(4-6-21)20-11-13-1-2-13;/h9-10,13,15,20H,1-8,11-12H2;1H. The van der Waals surface area contributed by atoms with Crippen LogP contribution in [0.15, 0.2) is 12.1 Å². The molecule has 0 radical (unpaired) electrons. The van der Waals surface area contributed by atoms with Crippen LogP contribution in [0.5, 0.6) is 11.5 Å². The first-order chi connectivity index (χ1) is 11.3.